The number of anilines is 1. The Labute approximate surface area is 117 Å². The number of aromatic nitrogens is 1. The van der Waals surface area contributed by atoms with E-state index in [-0.39, 0.29) is 24.4 Å². The molecule has 6 nitrogen and oxygen atoms in total. The molecule has 0 spiro atoms. The van der Waals surface area contributed by atoms with Crippen molar-refractivity contribution in [2.45, 2.75) is 19.8 Å². The lowest BCUT2D eigenvalue weighted by atomic mass is 10.2. The molecule has 110 valence electrons. The summed E-state index contributed by atoms with van der Waals surface area (Å²) in [6.45, 7) is 2.79. The molecular weight excluding hydrogens is 263 g/mol. The van der Waals surface area contributed by atoms with Crippen LogP contribution in [-0.2, 0) is 4.79 Å². The summed E-state index contributed by atoms with van der Waals surface area (Å²) >= 11 is 0. The summed E-state index contributed by atoms with van der Waals surface area (Å²) in [4.78, 5) is 26.9. The zero-order chi connectivity index (χ0) is 15.0. The van der Waals surface area contributed by atoms with Crippen molar-refractivity contribution in [3.63, 3.8) is 0 Å². The van der Waals surface area contributed by atoms with Crippen LogP contribution >= 0.6 is 0 Å². The summed E-state index contributed by atoms with van der Waals surface area (Å²) in [6.07, 6.45) is 2.08. The van der Waals surface area contributed by atoms with Crippen LogP contribution in [0.25, 0.3) is 0 Å². The lowest BCUT2D eigenvalue weighted by Gasteiger charge is -2.10. The molecule has 0 atom stereocenters. The van der Waals surface area contributed by atoms with E-state index in [1.165, 1.54) is 7.05 Å². The van der Waals surface area contributed by atoms with Crippen LogP contribution in [0.5, 0.6) is 0 Å². The maximum Gasteiger partial charge on any atom is 0.255 e. The van der Waals surface area contributed by atoms with Gasteiger partial charge in [-0.1, -0.05) is 6.92 Å². The second-order valence-corrected chi connectivity index (χ2v) is 4.16. The summed E-state index contributed by atoms with van der Waals surface area (Å²) in [5.41, 5.74) is 0.135. The van der Waals surface area contributed by atoms with E-state index in [1.54, 1.807) is 0 Å². The number of carbonyl (C=O) groups excluding carboxylic acids is 2. The van der Waals surface area contributed by atoms with E-state index in [9.17, 15) is 14.0 Å². The topological polar surface area (TPSA) is 83.1 Å². The molecule has 0 fully saturated rings. The monoisotopic (exact) mass is 282 g/mol. The first-order valence-corrected chi connectivity index (χ1v) is 6.46. The van der Waals surface area contributed by atoms with Gasteiger partial charge in [0.25, 0.3) is 5.91 Å². The minimum atomic E-state index is -0.580. The Kier molecular flexibility index (Phi) is 6.42. The number of halogens is 1. The highest BCUT2D eigenvalue weighted by Crippen LogP contribution is 2.13. The highest BCUT2D eigenvalue weighted by molar-refractivity contribution is 5.98. The Balaban J connectivity index is 2.69. The number of amides is 2. The van der Waals surface area contributed by atoms with Gasteiger partial charge < -0.3 is 16.0 Å². The molecule has 0 aliphatic heterocycles. The molecule has 0 bridgehead atoms. The van der Waals surface area contributed by atoms with Gasteiger partial charge in [-0.3, -0.25) is 9.59 Å². The van der Waals surface area contributed by atoms with Crippen molar-refractivity contribution < 1.29 is 14.0 Å². The first-order valence-electron chi connectivity index (χ1n) is 6.46. The Bertz CT molecular complexity index is 479. The normalized spacial score (nSPS) is 9.95. The molecule has 0 aliphatic rings. The molecule has 1 rings (SSSR count). The van der Waals surface area contributed by atoms with E-state index in [2.05, 4.69) is 20.9 Å². The third-order valence-electron chi connectivity index (χ3n) is 2.56. The first-order chi connectivity index (χ1) is 9.58. The zero-order valence-electron chi connectivity index (χ0n) is 11.6. The van der Waals surface area contributed by atoms with Crippen LogP contribution in [0.15, 0.2) is 12.3 Å². The number of carbonyl (C=O) groups is 2. The second kappa shape index (κ2) is 8.08. The Morgan fingerprint density at radius 3 is 2.75 bits per heavy atom. The highest BCUT2D eigenvalue weighted by atomic mass is 19.1. The van der Waals surface area contributed by atoms with E-state index in [0.717, 1.165) is 18.7 Å². The van der Waals surface area contributed by atoms with Gasteiger partial charge in [0.2, 0.25) is 5.91 Å². The van der Waals surface area contributed by atoms with Crippen molar-refractivity contribution in [2.24, 2.45) is 0 Å². The fourth-order valence-electron chi connectivity index (χ4n) is 1.51. The highest BCUT2D eigenvalue weighted by Gasteiger charge is 2.13. The largest absolute Gasteiger partial charge is 0.369 e. The molecule has 1 heterocycles. The van der Waals surface area contributed by atoms with Gasteiger partial charge in [0.1, 0.15) is 11.6 Å². The maximum atomic E-state index is 13.2. The number of rotatable bonds is 7. The van der Waals surface area contributed by atoms with Crippen LogP contribution in [0.4, 0.5) is 10.2 Å². The van der Waals surface area contributed by atoms with Crippen LogP contribution < -0.4 is 16.0 Å². The minimum absolute atomic E-state index is 0.135. The van der Waals surface area contributed by atoms with Crippen molar-refractivity contribution in [1.82, 2.24) is 15.6 Å². The van der Waals surface area contributed by atoms with E-state index >= 15 is 0 Å². The van der Waals surface area contributed by atoms with Crippen molar-refractivity contribution in [3.05, 3.63) is 23.6 Å². The third kappa shape index (κ3) is 4.83. The smallest absolute Gasteiger partial charge is 0.255 e. The molecule has 0 aliphatic carbocycles. The molecule has 2 amide bonds. The molecule has 0 saturated heterocycles. The Morgan fingerprint density at radius 2 is 2.10 bits per heavy atom. The summed E-state index contributed by atoms with van der Waals surface area (Å²) in [5, 5.41) is 7.98. The number of nitrogens with zero attached hydrogens (tertiary/aromatic N) is 1. The summed E-state index contributed by atoms with van der Waals surface area (Å²) in [6, 6.07) is 1.13. The van der Waals surface area contributed by atoms with Gasteiger partial charge in [0.15, 0.2) is 0 Å². The van der Waals surface area contributed by atoms with Crippen LogP contribution in [0, 0.1) is 5.82 Å². The van der Waals surface area contributed by atoms with Crippen LogP contribution in [-0.4, -0.2) is 36.9 Å². The van der Waals surface area contributed by atoms with Gasteiger partial charge >= 0.3 is 0 Å². The zero-order valence-corrected chi connectivity index (χ0v) is 11.6. The van der Waals surface area contributed by atoms with Gasteiger partial charge in [0, 0.05) is 26.6 Å². The van der Waals surface area contributed by atoms with Crippen LogP contribution in [0.1, 0.15) is 30.1 Å². The van der Waals surface area contributed by atoms with Gasteiger partial charge in [0.05, 0.1) is 11.8 Å². The first kappa shape index (κ1) is 15.9. The molecule has 0 saturated carbocycles. The fraction of sp³-hybridized carbons (Fsp3) is 0.462. The van der Waals surface area contributed by atoms with Gasteiger partial charge in [-0.25, -0.2) is 9.37 Å². The Morgan fingerprint density at radius 1 is 1.35 bits per heavy atom. The maximum absolute atomic E-state index is 13.2. The lowest BCUT2D eigenvalue weighted by molar-refractivity contribution is -0.120. The van der Waals surface area contributed by atoms with E-state index < -0.39 is 11.7 Å². The molecule has 0 aromatic carbocycles. The third-order valence-corrected chi connectivity index (χ3v) is 2.56. The van der Waals surface area contributed by atoms with Crippen molar-refractivity contribution >= 4 is 17.6 Å². The van der Waals surface area contributed by atoms with E-state index in [0.29, 0.717) is 12.4 Å². The standard InChI is InChI=1S/C13H19FN4O2/c1-3-5-16-12-10(7-9(14)8-18-12)13(20)17-6-4-11(19)15-2/h7-8H,3-6H2,1-2H3,(H,15,19)(H,16,18)(H,17,20). The molecule has 7 heteroatoms. The molecule has 1 aromatic rings. The molecule has 0 unspecified atom stereocenters. The average Bonchev–Trinajstić information content (AvgIpc) is 2.45. The van der Waals surface area contributed by atoms with Crippen molar-refractivity contribution in [1.29, 1.82) is 0 Å². The summed E-state index contributed by atoms with van der Waals surface area (Å²) in [5.74, 6) is -0.874. The Hall–Kier alpha value is -2.18. The SMILES string of the molecule is CCCNc1ncc(F)cc1C(=O)NCCC(=O)NC. The van der Waals surface area contributed by atoms with E-state index in [1.807, 2.05) is 6.92 Å². The number of pyridine rings is 1. The molecule has 20 heavy (non-hydrogen) atoms. The number of nitrogens with one attached hydrogen (secondary N) is 3. The predicted molar refractivity (Wildman–Crippen MR) is 74.0 cm³/mol. The molecule has 3 N–H and O–H groups in total. The molecular formula is C13H19FN4O2. The van der Waals surface area contributed by atoms with Gasteiger partial charge in [-0.15, -0.1) is 0 Å². The van der Waals surface area contributed by atoms with E-state index in [4.69, 9.17) is 0 Å². The van der Waals surface area contributed by atoms with Crippen LogP contribution in [0.3, 0.4) is 0 Å². The second-order valence-electron chi connectivity index (χ2n) is 4.16. The molecule has 1 aromatic heterocycles. The predicted octanol–water partition coefficient (Wildman–Crippen LogP) is 0.908. The molecule has 0 radical (unpaired) electrons. The lowest BCUT2D eigenvalue weighted by Crippen LogP contribution is -2.30. The van der Waals surface area contributed by atoms with Crippen molar-refractivity contribution in [2.75, 3.05) is 25.5 Å². The fourth-order valence-corrected chi connectivity index (χ4v) is 1.51. The van der Waals surface area contributed by atoms with Gasteiger partial charge in [-0.2, -0.15) is 0 Å². The van der Waals surface area contributed by atoms with Gasteiger partial charge in [-0.05, 0) is 12.5 Å². The van der Waals surface area contributed by atoms with Crippen molar-refractivity contribution in [3.8, 4) is 0 Å². The average molecular weight is 282 g/mol. The van der Waals surface area contributed by atoms with Crippen LogP contribution in [0.2, 0.25) is 0 Å². The summed E-state index contributed by atoms with van der Waals surface area (Å²) < 4.78 is 13.2. The number of hydrogen-bond acceptors (Lipinski definition) is 4. The quantitative estimate of drug-likeness (QED) is 0.694. The summed E-state index contributed by atoms with van der Waals surface area (Å²) in [7, 11) is 1.52. The minimum Gasteiger partial charge on any atom is -0.369 e. The number of hydrogen-bond donors (Lipinski definition) is 3.